The lowest BCUT2D eigenvalue weighted by atomic mass is 10.1. The molecule has 2 rings (SSSR count). The van der Waals surface area contributed by atoms with Crippen LogP contribution in [0.5, 0.6) is 0 Å². The van der Waals surface area contributed by atoms with Gasteiger partial charge in [0.2, 0.25) is 0 Å². The van der Waals surface area contributed by atoms with Gasteiger partial charge in [0.1, 0.15) is 0 Å². The molecule has 1 N–H and O–H groups in total. The van der Waals surface area contributed by atoms with Crippen LogP contribution in [0.25, 0.3) is 0 Å². The molecule has 0 aliphatic carbocycles. The maximum absolute atomic E-state index is 10.2. The average molecular weight is 330 g/mol. The van der Waals surface area contributed by atoms with E-state index < -0.39 is 6.10 Å². The van der Waals surface area contributed by atoms with Gasteiger partial charge in [0.05, 0.1) is 17.5 Å². The lowest BCUT2D eigenvalue weighted by Gasteiger charge is -2.12. The maximum atomic E-state index is 10.2. The van der Waals surface area contributed by atoms with E-state index in [2.05, 4.69) is 21.0 Å². The molecule has 1 atom stereocenters. The molecular formula is C13H14BrClN2O. The summed E-state index contributed by atoms with van der Waals surface area (Å²) in [5.41, 5.74) is 2.62. The molecule has 0 bridgehead atoms. The largest absolute Gasteiger partial charge is 0.386 e. The molecule has 0 radical (unpaired) electrons. The Morgan fingerprint density at radius 3 is 2.72 bits per heavy atom. The van der Waals surface area contributed by atoms with Crippen LogP contribution >= 0.6 is 27.5 Å². The molecule has 0 spiro atoms. The number of hydrogen-bond acceptors (Lipinski definition) is 2. The highest BCUT2D eigenvalue weighted by Crippen LogP contribution is 2.26. The third kappa shape index (κ3) is 2.94. The lowest BCUT2D eigenvalue weighted by molar-refractivity contribution is 0.168. The minimum atomic E-state index is -0.602. The fraction of sp³-hybridized carbons (Fsp3) is 0.308. The Balaban J connectivity index is 2.21. The number of aliphatic hydroxyl groups is 1. The molecule has 96 valence electrons. The smallest absolute Gasteiger partial charge is 0.0997 e. The van der Waals surface area contributed by atoms with E-state index in [9.17, 15) is 5.11 Å². The van der Waals surface area contributed by atoms with Gasteiger partial charge >= 0.3 is 0 Å². The molecule has 0 saturated heterocycles. The van der Waals surface area contributed by atoms with Crippen molar-refractivity contribution in [2.24, 2.45) is 7.05 Å². The van der Waals surface area contributed by atoms with Crippen LogP contribution in [0.15, 0.2) is 28.7 Å². The van der Waals surface area contributed by atoms with E-state index in [0.29, 0.717) is 11.4 Å². The summed E-state index contributed by atoms with van der Waals surface area (Å²) in [7, 11) is 1.83. The van der Waals surface area contributed by atoms with Gasteiger partial charge in [-0.15, -0.1) is 0 Å². The van der Waals surface area contributed by atoms with Crippen LogP contribution in [0.1, 0.15) is 23.1 Å². The first-order chi connectivity index (χ1) is 8.47. The monoisotopic (exact) mass is 328 g/mol. The number of aryl methyl sites for hydroxylation is 2. The van der Waals surface area contributed by atoms with E-state index in [0.717, 1.165) is 21.4 Å². The standard InChI is InChI=1S/C13H14BrClN2O/c1-8-5-12(17(2)16-8)13(18)6-9-3-4-10(14)7-11(9)15/h3-5,7,13,18H,6H2,1-2H3. The second kappa shape index (κ2) is 5.43. The number of halogens is 2. The number of rotatable bonds is 3. The van der Waals surface area contributed by atoms with Crippen LogP contribution in [0, 0.1) is 6.92 Å². The minimum Gasteiger partial charge on any atom is -0.386 e. The van der Waals surface area contributed by atoms with E-state index >= 15 is 0 Å². The van der Waals surface area contributed by atoms with E-state index in [4.69, 9.17) is 11.6 Å². The van der Waals surface area contributed by atoms with Crippen molar-refractivity contribution in [3.63, 3.8) is 0 Å². The average Bonchev–Trinajstić information content (AvgIpc) is 2.62. The first-order valence-corrected chi connectivity index (χ1v) is 6.77. The Bertz CT molecular complexity index is 568. The Hall–Kier alpha value is -0.840. The zero-order chi connectivity index (χ0) is 13.3. The summed E-state index contributed by atoms with van der Waals surface area (Å²) in [6, 6.07) is 7.55. The second-order valence-corrected chi connectivity index (χ2v) is 5.61. The molecule has 1 heterocycles. The third-order valence-corrected chi connectivity index (χ3v) is 3.65. The zero-order valence-corrected chi connectivity index (χ0v) is 12.5. The number of hydrogen-bond donors (Lipinski definition) is 1. The zero-order valence-electron chi connectivity index (χ0n) is 10.2. The summed E-state index contributed by atoms with van der Waals surface area (Å²) in [4.78, 5) is 0. The van der Waals surface area contributed by atoms with Gasteiger partial charge in [0.25, 0.3) is 0 Å². The molecule has 2 aromatic rings. The van der Waals surface area contributed by atoms with Gasteiger partial charge in [-0.2, -0.15) is 5.10 Å². The topological polar surface area (TPSA) is 38.0 Å². The molecule has 0 saturated carbocycles. The van der Waals surface area contributed by atoms with Crippen molar-refractivity contribution in [3.05, 3.63) is 50.7 Å². The highest BCUT2D eigenvalue weighted by atomic mass is 79.9. The Labute approximate surface area is 120 Å². The number of benzene rings is 1. The molecule has 5 heteroatoms. The number of aromatic nitrogens is 2. The van der Waals surface area contributed by atoms with Gasteiger partial charge in [0.15, 0.2) is 0 Å². The molecule has 0 amide bonds. The molecule has 1 unspecified atom stereocenters. The van der Waals surface area contributed by atoms with Crippen molar-refractivity contribution in [1.29, 1.82) is 0 Å². The summed E-state index contributed by atoms with van der Waals surface area (Å²) in [5, 5.41) is 15.1. The van der Waals surface area contributed by atoms with E-state index in [1.54, 1.807) is 4.68 Å². The molecule has 1 aromatic carbocycles. The van der Waals surface area contributed by atoms with Crippen LogP contribution in [-0.2, 0) is 13.5 Å². The molecule has 0 fully saturated rings. The summed E-state index contributed by atoms with van der Waals surface area (Å²) in [6.07, 6.45) is -0.125. The predicted octanol–water partition coefficient (Wildman–Crippen LogP) is 3.42. The second-order valence-electron chi connectivity index (χ2n) is 4.29. The predicted molar refractivity (Wildman–Crippen MR) is 75.8 cm³/mol. The van der Waals surface area contributed by atoms with Crippen LogP contribution in [0.3, 0.4) is 0 Å². The van der Waals surface area contributed by atoms with Crippen molar-refractivity contribution in [3.8, 4) is 0 Å². The molecule has 0 aliphatic heterocycles. The van der Waals surface area contributed by atoms with Gasteiger partial charge in [-0.05, 0) is 30.7 Å². The van der Waals surface area contributed by atoms with Gasteiger partial charge in [-0.25, -0.2) is 0 Å². The Morgan fingerprint density at radius 2 is 2.17 bits per heavy atom. The SMILES string of the molecule is Cc1cc(C(O)Cc2ccc(Br)cc2Cl)n(C)n1. The lowest BCUT2D eigenvalue weighted by Crippen LogP contribution is -2.08. The molecule has 0 aliphatic rings. The van der Waals surface area contributed by atoms with Crippen LogP contribution in [-0.4, -0.2) is 14.9 Å². The maximum Gasteiger partial charge on any atom is 0.0997 e. The fourth-order valence-corrected chi connectivity index (χ4v) is 2.69. The van der Waals surface area contributed by atoms with Crippen LogP contribution in [0.2, 0.25) is 5.02 Å². The summed E-state index contributed by atoms with van der Waals surface area (Å²) in [6.45, 7) is 1.91. The third-order valence-electron chi connectivity index (χ3n) is 2.81. The summed E-state index contributed by atoms with van der Waals surface area (Å²) >= 11 is 9.50. The van der Waals surface area contributed by atoms with E-state index in [1.807, 2.05) is 38.2 Å². The van der Waals surface area contributed by atoms with E-state index in [-0.39, 0.29) is 0 Å². The molecule has 3 nitrogen and oxygen atoms in total. The van der Waals surface area contributed by atoms with Crippen molar-refractivity contribution in [2.75, 3.05) is 0 Å². The first kappa shape index (κ1) is 13.6. The van der Waals surface area contributed by atoms with Gasteiger partial charge in [-0.3, -0.25) is 4.68 Å². The Morgan fingerprint density at radius 1 is 1.44 bits per heavy atom. The quantitative estimate of drug-likeness (QED) is 0.937. The number of nitrogens with zero attached hydrogens (tertiary/aromatic N) is 2. The first-order valence-electron chi connectivity index (χ1n) is 5.60. The van der Waals surface area contributed by atoms with Gasteiger partial charge < -0.3 is 5.11 Å². The normalized spacial score (nSPS) is 12.7. The summed E-state index contributed by atoms with van der Waals surface area (Å²) in [5.74, 6) is 0. The van der Waals surface area contributed by atoms with Crippen LogP contribution in [0.4, 0.5) is 0 Å². The van der Waals surface area contributed by atoms with Crippen molar-refractivity contribution < 1.29 is 5.11 Å². The minimum absolute atomic E-state index is 0.477. The van der Waals surface area contributed by atoms with Gasteiger partial charge in [-0.1, -0.05) is 33.6 Å². The highest BCUT2D eigenvalue weighted by Gasteiger charge is 2.15. The van der Waals surface area contributed by atoms with Crippen LogP contribution < -0.4 is 0 Å². The summed E-state index contributed by atoms with van der Waals surface area (Å²) < 4.78 is 2.63. The van der Waals surface area contributed by atoms with Crippen molar-refractivity contribution in [2.45, 2.75) is 19.4 Å². The molecule has 1 aromatic heterocycles. The van der Waals surface area contributed by atoms with Crippen molar-refractivity contribution >= 4 is 27.5 Å². The Kier molecular flexibility index (Phi) is 4.10. The van der Waals surface area contributed by atoms with Gasteiger partial charge in [0, 0.05) is 23.0 Å². The van der Waals surface area contributed by atoms with E-state index in [1.165, 1.54) is 0 Å². The van der Waals surface area contributed by atoms with Crippen molar-refractivity contribution in [1.82, 2.24) is 9.78 Å². The highest BCUT2D eigenvalue weighted by molar-refractivity contribution is 9.10. The molecule has 18 heavy (non-hydrogen) atoms. The number of aliphatic hydroxyl groups excluding tert-OH is 1. The fourth-order valence-electron chi connectivity index (χ4n) is 1.94. The molecular weight excluding hydrogens is 316 g/mol.